The lowest BCUT2D eigenvalue weighted by Gasteiger charge is -2.22. The van der Waals surface area contributed by atoms with Crippen LogP contribution in [0.5, 0.6) is 0 Å². The number of anilines is 1. The molecule has 31 heavy (non-hydrogen) atoms. The van der Waals surface area contributed by atoms with Crippen LogP contribution in [0.2, 0.25) is 0 Å². The van der Waals surface area contributed by atoms with E-state index >= 15 is 0 Å². The summed E-state index contributed by atoms with van der Waals surface area (Å²) < 4.78 is 45.3. The Morgan fingerprint density at radius 2 is 1.84 bits per heavy atom. The fraction of sp³-hybridized carbons (Fsp3) is 0.526. The van der Waals surface area contributed by atoms with Crippen LogP contribution in [-0.2, 0) is 17.4 Å². The van der Waals surface area contributed by atoms with Crippen molar-refractivity contribution in [3.63, 3.8) is 0 Å². The molecule has 2 atom stereocenters. The Bertz CT molecular complexity index is 1120. The Hall–Kier alpha value is -3.18. The Labute approximate surface area is 174 Å². The first-order valence-electron chi connectivity index (χ1n) is 9.95. The Balaban J connectivity index is 1.27. The Morgan fingerprint density at radius 3 is 2.45 bits per heavy atom. The highest BCUT2D eigenvalue weighted by molar-refractivity contribution is 5.79. The second-order valence-electron chi connectivity index (χ2n) is 8.19. The van der Waals surface area contributed by atoms with Crippen molar-refractivity contribution < 1.29 is 22.5 Å². The molecular formula is C19H20F3N7O2. The van der Waals surface area contributed by atoms with Crippen LogP contribution >= 0.6 is 0 Å². The van der Waals surface area contributed by atoms with Crippen molar-refractivity contribution in [3.8, 4) is 0 Å². The zero-order valence-electron chi connectivity index (χ0n) is 16.9. The van der Waals surface area contributed by atoms with Gasteiger partial charge < -0.3 is 14.3 Å². The standard InChI is InChI=1S/C19H20F3N7O2/c1-10-14(11(2)31-26-10)5-17(30)28-8-12-6-27(7-13(12)9-28)16-4-3-15-23-24-18(19(20,21)22)29(15)25-16/h3-4,12-13H,5-9H2,1-2H3. The van der Waals surface area contributed by atoms with Crippen LogP contribution in [0.4, 0.5) is 19.0 Å². The van der Waals surface area contributed by atoms with Crippen LogP contribution in [0.1, 0.15) is 22.8 Å². The summed E-state index contributed by atoms with van der Waals surface area (Å²) in [7, 11) is 0. The lowest BCUT2D eigenvalue weighted by Crippen LogP contribution is -2.34. The highest BCUT2D eigenvalue weighted by atomic mass is 19.4. The van der Waals surface area contributed by atoms with E-state index in [0.717, 1.165) is 15.8 Å². The molecule has 0 spiro atoms. The molecule has 5 heterocycles. The topological polar surface area (TPSA) is 92.7 Å². The van der Waals surface area contributed by atoms with Crippen LogP contribution < -0.4 is 4.90 Å². The number of aromatic nitrogens is 5. The van der Waals surface area contributed by atoms with Crippen molar-refractivity contribution in [1.29, 1.82) is 0 Å². The number of carbonyl (C=O) groups excluding carboxylic acids is 1. The first-order chi connectivity index (χ1) is 14.7. The van der Waals surface area contributed by atoms with Crippen LogP contribution in [0.15, 0.2) is 16.7 Å². The maximum Gasteiger partial charge on any atom is 0.453 e. The van der Waals surface area contributed by atoms with Gasteiger partial charge in [-0.15, -0.1) is 15.3 Å². The number of carbonyl (C=O) groups is 1. The summed E-state index contributed by atoms with van der Waals surface area (Å²) in [6.07, 6.45) is -4.37. The summed E-state index contributed by atoms with van der Waals surface area (Å²) >= 11 is 0. The van der Waals surface area contributed by atoms with Crippen molar-refractivity contribution in [1.82, 2.24) is 29.9 Å². The molecule has 164 valence electrons. The second-order valence-corrected chi connectivity index (χ2v) is 8.19. The zero-order chi connectivity index (χ0) is 21.9. The SMILES string of the molecule is Cc1noc(C)c1CC(=O)N1CC2CN(c3ccc4nnc(C(F)(F)F)n4n3)CC2C1. The van der Waals surface area contributed by atoms with E-state index < -0.39 is 12.0 Å². The van der Waals surface area contributed by atoms with Gasteiger partial charge in [0.2, 0.25) is 5.91 Å². The van der Waals surface area contributed by atoms with Crippen molar-refractivity contribution in [2.75, 3.05) is 31.1 Å². The van der Waals surface area contributed by atoms with Crippen molar-refractivity contribution in [3.05, 3.63) is 35.0 Å². The number of amides is 1. The quantitative estimate of drug-likeness (QED) is 0.620. The third-order valence-corrected chi connectivity index (χ3v) is 6.17. The number of alkyl halides is 3. The first-order valence-corrected chi connectivity index (χ1v) is 9.95. The van der Waals surface area contributed by atoms with Crippen LogP contribution in [0.25, 0.3) is 5.65 Å². The predicted molar refractivity (Wildman–Crippen MR) is 101 cm³/mol. The monoisotopic (exact) mass is 435 g/mol. The van der Waals surface area contributed by atoms with Gasteiger partial charge in [0.05, 0.1) is 12.1 Å². The molecule has 0 saturated carbocycles. The fourth-order valence-corrected chi connectivity index (χ4v) is 4.53. The van der Waals surface area contributed by atoms with Gasteiger partial charge in [-0.3, -0.25) is 4.79 Å². The van der Waals surface area contributed by atoms with E-state index in [1.165, 1.54) is 6.07 Å². The molecule has 0 aliphatic carbocycles. The third kappa shape index (κ3) is 3.39. The summed E-state index contributed by atoms with van der Waals surface area (Å²) in [4.78, 5) is 16.6. The minimum atomic E-state index is -4.63. The van der Waals surface area contributed by atoms with Crippen molar-refractivity contribution in [2.24, 2.45) is 11.8 Å². The second kappa shape index (κ2) is 6.92. The molecule has 5 rings (SSSR count). The highest BCUT2D eigenvalue weighted by Crippen LogP contribution is 2.34. The molecule has 0 bridgehead atoms. The molecule has 2 saturated heterocycles. The first kappa shape index (κ1) is 19.8. The fourth-order valence-electron chi connectivity index (χ4n) is 4.53. The number of hydrogen-bond donors (Lipinski definition) is 0. The maximum atomic E-state index is 13.1. The molecule has 0 radical (unpaired) electrons. The zero-order valence-corrected chi connectivity index (χ0v) is 16.9. The number of hydrogen-bond acceptors (Lipinski definition) is 7. The van der Waals surface area contributed by atoms with Crippen LogP contribution in [0.3, 0.4) is 0 Å². The summed E-state index contributed by atoms with van der Waals surface area (Å²) in [5.74, 6) is 0.489. The minimum absolute atomic E-state index is 0.0363. The largest absolute Gasteiger partial charge is 0.453 e. The number of halogens is 3. The van der Waals surface area contributed by atoms with E-state index in [-0.39, 0.29) is 29.8 Å². The van der Waals surface area contributed by atoms with E-state index in [0.29, 0.717) is 37.8 Å². The molecule has 9 nitrogen and oxygen atoms in total. The van der Waals surface area contributed by atoms with E-state index in [1.54, 1.807) is 13.0 Å². The number of rotatable bonds is 3. The van der Waals surface area contributed by atoms with Gasteiger partial charge in [0.1, 0.15) is 11.6 Å². The average Bonchev–Trinajstić information content (AvgIpc) is 3.45. The van der Waals surface area contributed by atoms with Crippen LogP contribution in [0, 0.1) is 25.7 Å². The molecule has 2 aliphatic heterocycles. The van der Waals surface area contributed by atoms with Gasteiger partial charge in [-0.2, -0.15) is 17.7 Å². The van der Waals surface area contributed by atoms with Gasteiger partial charge >= 0.3 is 6.18 Å². The highest BCUT2D eigenvalue weighted by Gasteiger charge is 2.43. The average molecular weight is 435 g/mol. The Morgan fingerprint density at radius 1 is 1.13 bits per heavy atom. The molecule has 3 aromatic heterocycles. The van der Waals surface area contributed by atoms with Gasteiger partial charge in [-0.05, 0) is 26.0 Å². The van der Waals surface area contributed by atoms with Gasteiger partial charge in [-0.25, -0.2) is 0 Å². The molecule has 12 heteroatoms. The molecule has 1 amide bonds. The summed E-state index contributed by atoms with van der Waals surface area (Å²) in [5.41, 5.74) is 1.60. The van der Waals surface area contributed by atoms with Crippen molar-refractivity contribution >= 4 is 17.4 Å². The molecule has 3 aromatic rings. The van der Waals surface area contributed by atoms with Crippen molar-refractivity contribution in [2.45, 2.75) is 26.4 Å². The van der Waals surface area contributed by atoms with Gasteiger partial charge in [0.25, 0.3) is 5.82 Å². The lowest BCUT2D eigenvalue weighted by molar-refractivity contribution is -0.146. The maximum absolute atomic E-state index is 13.1. The molecule has 2 fully saturated rings. The molecule has 0 N–H and O–H groups in total. The van der Waals surface area contributed by atoms with E-state index in [2.05, 4.69) is 20.5 Å². The predicted octanol–water partition coefficient (Wildman–Crippen LogP) is 1.89. The van der Waals surface area contributed by atoms with Gasteiger partial charge in [0, 0.05) is 43.6 Å². The molecular weight excluding hydrogens is 415 g/mol. The smallest absolute Gasteiger partial charge is 0.361 e. The Kier molecular flexibility index (Phi) is 4.41. The number of fused-ring (bicyclic) bond motifs is 2. The number of likely N-dealkylation sites (tertiary alicyclic amines) is 1. The summed E-state index contributed by atoms with van der Waals surface area (Å²) in [6, 6.07) is 3.14. The molecule has 2 aliphatic rings. The van der Waals surface area contributed by atoms with E-state index in [4.69, 9.17) is 4.52 Å². The lowest BCUT2D eigenvalue weighted by atomic mass is 10.0. The van der Waals surface area contributed by atoms with Gasteiger partial charge in [-0.1, -0.05) is 5.16 Å². The minimum Gasteiger partial charge on any atom is -0.361 e. The van der Waals surface area contributed by atoms with E-state index in [9.17, 15) is 18.0 Å². The third-order valence-electron chi connectivity index (χ3n) is 6.17. The summed E-state index contributed by atoms with van der Waals surface area (Å²) in [6.45, 7) is 6.10. The number of nitrogens with zero attached hydrogens (tertiary/aromatic N) is 7. The summed E-state index contributed by atoms with van der Waals surface area (Å²) in [5, 5.41) is 14.8. The normalized spacial score (nSPS) is 21.3. The number of aryl methyl sites for hydroxylation is 2. The van der Waals surface area contributed by atoms with E-state index in [1.807, 2.05) is 16.7 Å². The molecule has 0 aromatic carbocycles. The molecule has 2 unspecified atom stereocenters. The van der Waals surface area contributed by atoms with Crippen LogP contribution in [-0.4, -0.2) is 62.0 Å². The van der Waals surface area contributed by atoms with Gasteiger partial charge in [0.15, 0.2) is 5.65 Å².